The second kappa shape index (κ2) is 5.48. The molecule has 1 aromatic carbocycles. The third-order valence-electron chi connectivity index (χ3n) is 7.70. The molecule has 6 rings (SSSR count). The number of hydrogen-bond donors (Lipinski definition) is 0. The van der Waals surface area contributed by atoms with Gasteiger partial charge in [0.15, 0.2) is 0 Å². The zero-order valence-electron chi connectivity index (χ0n) is 16.1. The van der Waals surface area contributed by atoms with E-state index in [2.05, 4.69) is 51.5 Å². The minimum Gasteiger partial charge on any atom is -0.340 e. The second-order valence-electron chi connectivity index (χ2n) is 8.86. The first-order chi connectivity index (χ1) is 13.2. The number of benzene rings is 1. The van der Waals surface area contributed by atoms with Crippen LogP contribution in [0.4, 0.5) is 0 Å². The highest BCUT2D eigenvalue weighted by Gasteiger charge is 2.46. The molecule has 4 heteroatoms. The standard InChI is InChI=1S/C23H27N3O/c1-24-17-8-4-12-23(24,13-5-9-17)26-15-16-7-6-14-25-19-11-3-2-10-18(19)20(21(16)25)22(26)27/h2-3,10-11,15,17H,4-9,12-14H2,1H3. The van der Waals surface area contributed by atoms with E-state index in [4.69, 9.17) is 0 Å². The number of aryl methyl sites for hydroxylation is 2. The molecule has 0 aliphatic carbocycles. The molecule has 0 unspecified atom stereocenters. The van der Waals surface area contributed by atoms with Crippen molar-refractivity contribution in [1.82, 2.24) is 14.0 Å². The van der Waals surface area contributed by atoms with Gasteiger partial charge in [0.1, 0.15) is 5.66 Å². The van der Waals surface area contributed by atoms with Gasteiger partial charge in [-0.1, -0.05) is 18.2 Å². The summed E-state index contributed by atoms with van der Waals surface area (Å²) in [6.45, 7) is 1.02. The monoisotopic (exact) mass is 361 g/mol. The Hall–Kier alpha value is -2.07. The molecule has 2 bridgehead atoms. The number of hydrogen-bond acceptors (Lipinski definition) is 2. The molecule has 0 spiro atoms. The van der Waals surface area contributed by atoms with Crippen molar-refractivity contribution in [3.63, 3.8) is 0 Å². The predicted octanol–water partition coefficient (Wildman–Crippen LogP) is 4.22. The number of rotatable bonds is 1. The van der Waals surface area contributed by atoms with E-state index in [1.54, 1.807) is 0 Å². The van der Waals surface area contributed by atoms with Gasteiger partial charge >= 0.3 is 0 Å². The van der Waals surface area contributed by atoms with Crippen molar-refractivity contribution in [2.24, 2.45) is 0 Å². The summed E-state index contributed by atoms with van der Waals surface area (Å²) in [4.78, 5) is 16.5. The molecular weight excluding hydrogens is 334 g/mol. The molecule has 0 radical (unpaired) electrons. The Morgan fingerprint density at radius 2 is 1.85 bits per heavy atom. The first-order valence-corrected chi connectivity index (χ1v) is 10.6. The average Bonchev–Trinajstić information content (AvgIpc) is 3.01. The highest BCUT2D eigenvalue weighted by molar-refractivity contribution is 6.08. The van der Waals surface area contributed by atoms with Crippen LogP contribution in [0.1, 0.15) is 50.5 Å². The fourth-order valence-electron chi connectivity index (χ4n) is 6.40. The Labute approximate surface area is 159 Å². The largest absolute Gasteiger partial charge is 0.340 e. The molecule has 3 aromatic rings. The van der Waals surface area contributed by atoms with Crippen LogP contribution in [0.25, 0.3) is 21.8 Å². The minimum atomic E-state index is -0.121. The molecule has 0 amide bonds. The summed E-state index contributed by atoms with van der Waals surface area (Å²) in [6, 6.07) is 9.11. The van der Waals surface area contributed by atoms with Crippen LogP contribution in [0, 0.1) is 0 Å². The summed E-state index contributed by atoms with van der Waals surface area (Å²) in [7, 11) is 2.26. The molecule has 140 valence electrons. The Kier molecular flexibility index (Phi) is 3.23. The quantitative estimate of drug-likeness (QED) is 0.649. The van der Waals surface area contributed by atoms with Crippen molar-refractivity contribution in [2.45, 2.75) is 69.6 Å². The van der Waals surface area contributed by atoms with Crippen molar-refractivity contribution in [2.75, 3.05) is 7.05 Å². The molecule has 2 saturated heterocycles. The van der Waals surface area contributed by atoms with E-state index in [-0.39, 0.29) is 11.2 Å². The molecule has 0 saturated carbocycles. The lowest BCUT2D eigenvalue weighted by Gasteiger charge is -2.54. The van der Waals surface area contributed by atoms with Gasteiger partial charge in [0, 0.05) is 29.7 Å². The summed E-state index contributed by atoms with van der Waals surface area (Å²) in [5.41, 5.74) is 3.89. The van der Waals surface area contributed by atoms with Crippen molar-refractivity contribution in [3.05, 3.63) is 46.4 Å². The number of fused-ring (bicyclic) bond motifs is 5. The Morgan fingerprint density at radius 3 is 2.67 bits per heavy atom. The lowest BCUT2D eigenvalue weighted by Crippen LogP contribution is -2.60. The van der Waals surface area contributed by atoms with Crippen LogP contribution >= 0.6 is 0 Å². The first-order valence-electron chi connectivity index (χ1n) is 10.6. The van der Waals surface area contributed by atoms with E-state index in [1.807, 2.05) is 0 Å². The molecule has 4 nitrogen and oxygen atoms in total. The topological polar surface area (TPSA) is 30.2 Å². The number of para-hydroxylation sites is 1. The maximum atomic E-state index is 13.9. The minimum absolute atomic E-state index is 0.121. The molecule has 5 heterocycles. The lowest BCUT2D eigenvalue weighted by molar-refractivity contribution is -0.0761. The van der Waals surface area contributed by atoms with Crippen molar-refractivity contribution in [1.29, 1.82) is 0 Å². The fourth-order valence-corrected chi connectivity index (χ4v) is 6.40. The zero-order chi connectivity index (χ0) is 18.2. The van der Waals surface area contributed by atoms with Crippen molar-refractivity contribution < 1.29 is 0 Å². The molecule has 3 aliphatic heterocycles. The Morgan fingerprint density at radius 1 is 1.07 bits per heavy atom. The normalized spacial score (nSPS) is 28.1. The Balaban J connectivity index is 1.72. The van der Waals surface area contributed by atoms with E-state index < -0.39 is 0 Å². The van der Waals surface area contributed by atoms with E-state index in [0.717, 1.165) is 43.0 Å². The van der Waals surface area contributed by atoms with Crippen molar-refractivity contribution in [3.8, 4) is 0 Å². The van der Waals surface area contributed by atoms with Crippen molar-refractivity contribution >= 4 is 21.8 Å². The van der Waals surface area contributed by atoms with Crippen LogP contribution < -0.4 is 5.56 Å². The van der Waals surface area contributed by atoms with E-state index in [0.29, 0.717) is 6.04 Å². The first kappa shape index (κ1) is 15.9. The van der Waals surface area contributed by atoms with Crippen LogP contribution in [0.15, 0.2) is 35.3 Å². The van der Waals surface area contributed by atoms with Crippen LogP contribution in [0.5, 0.6) is 0 Å². The van der Waals surface area contributed by atoms with Gasteiger partial charge in [-0.2, -0.15) is 0 Å². The molecular formula is C23H27N3O. The smallest absolute Gasteiger partial charge is 0.262 e. The van der Waals surface area contributed by atoms with Gasteiger partial charge in [-0.3, -0.25) is 14.3 Å². The van der Waals surface area contributed by atoms with Gasteiger partial charge in [0.05, 0.1) is 10.9 Å². The molecule has 2 aromatic heterocycles. The van der Waals surface area contributed by atoms with Gasteiger partial charge < -0.3 is 4.57 Å². The molecule has 0 atom stereocenters. The van der Waals surface area contributed by atoms with Crippen LogP contribution in [-0.2, 0) is 18.6 Å². The van der Waals surface area contributed by atoms with Gasteiger partial charge in [-0.05, 0) is 70.0 Å². The van der Waals surface area contributed by atoms with Gasteiger partial charge in [-0.25, -0.2) is 0 Å². The van der Waals surface area contributed by atoms with Gasteiger partial charge in [0.25, 0.3) is 5.56 Å². The number of nitrogens with zero attached hydrogens (tertiary/aromatic N) is 3. The molecule has 3 aliphatic rings. The third-order valence-corrected chi connectivity index (χ3v) is 7.70. The second-order valence-corrected chi connectivity index (χ2v) is 8.86. The summed E-state index contributed by atoms with van der Waals surface area (Å²) in [6.07, 6.45) is 11.7. The summed E-state index contributed by atoms with van der Waals surface area (Å²) < 4.78 is 4.55. The third kappa shape index (κ3) is 1.94. The fraction of sp³-hybridized carbons (Fsp3) is 0.522. The summed E-state index contributed by atoms with van der Waals surface area (Å²) in [5.74, 6) is 0. The van der Waals surface area contributed by atoms with Crippen LogP contribution in [0.3, 0.4) is 0 Å². The lowest BCUT2D eigenvalue weighted by atomic mass is 9.79. The summed E-state index contributed by atoms with van der Waals surface area (Å²) in [5, 5.41) is 2.09. The summed E-state index contributed by atoms with van der Waals surface area (Å²) >= 11 is 0. The predicted molar refractivity (Wildman–Crippen MR) is 109 cm³/mol. The van der Waals surface area contributed by atoms with E-state index >= 15 is 0 Å². The molecule has 2 fully saturated rings. The number of aromatic nitrogens is 2. The number of piperidine rings is 2. The molecule has 0 N–H and O–H groups in total. The van der Waals surface area contributed by atoms with Gasteiger partial charge in [-0.15, -0.1) is 0 Å². The highest BCUT2D eigenvalue weighted by atomic mass is 16.1. The van der Waals surface area contributed by atoms with E-state index in [9.17, 15) is 4.79 Å². The SMILES string of the molecule is CN1C2CCCC1(n1cc3c4c(c1=O)c1ccccc1n4CCC3)CCC2. The van der Waals surface area contributed by atoms with E-state index in [1.165, 1.54) is 42.3 Å². The molecule has 27 heavy (non-hydrogen) atoms. The average molecular weight is 361 g/mol. The maximum Gasteiger partial charge on any atom is 0.262 e. The van der Waals surface area contributed by atoms with Gasteiger partial charge in [0.2, 0.25) is 0 Å². The van der Waals surface area contributed by atoms with Crippen LogP contribution in [-0.4, -0.2) is 27.1 Å². The maximum absolute atomic E-state index is 13.9. The Bertz CT molecular complexity index is 1110. The van der Waals surface area contributed by atoms with Crippen LogP contribution in [0.2, 0.25) is 0 Å². The zero-order valence-corrected chi connectivity index (χ0v) is 16.1. The highest BCUT2D eigenvalue weighted by Crippen LogP contribution is 2.44. The number of pyridine rings is 1.